The Bertz CT molecular complexity index is 781. The van der Waals surface area contributed by atoms with Crippen LogP contribution in [0.5, 0.6) is 0 Å². The average Bonchev–Trinajstić information content (AvgIpc) is 3.19. The quantitative estimate of drug-likeness (QED) is 0.480. The number of nitrogens with zero attached hydrogens (tertiary/aromatic N) is 2. The minimum Gasteiger partial charge on any atom is -0.367 e. The van der Waals surface area contributed by atoms with Gasteiger partial charge in [0.2, 0.25) is 5.91 Å². The maximum absolute atomic E-state index is 12.4. The number of amides is 2. The molecule has 0 saturated carbocycles. The van der Waals surface area contributed by atoms with Crippen LogP contribution in [0.25, 0.3) is 6.08 Å². The van der Waals surface area contributed by atoms with Gasteiger partial charge in [-0.3, -0.25) is 14.8 Å². The van der Waals surface area contributed by atoms with Gasteiger partial charge in [-0.15, -0.1) is 11.3 Å². The number of benzene rings is 1. The first-order valence-electron chi connectivity index (χ1n) is 8.43. The van der Waals surface area contributed by atoms with Gasteiger partial charge in [0.05, 0.1) is 6.42 Å². The van der Waals surface area contributed by atoms with Crippen LogP contribution in [-0.2, 0) is 16.0 Å². The van der Waals surface area contributed by atoms with E-state index < -0.39 is 5.91 Å². The fraction of sp³-hybridized carbons (Fsp3) is 0.263. The Morgan fingerprint density at radius 3 is 2.58 bits per heavy atom. The second-order valence-electron chi connectivity index (χ2n) is 5.99. The van der Waals surface area contributed by atoms with E-state index in [1.807, 2.05) is 46.7 Å². The Labute approximate surface area is 156 Å². The van der Waals surface area contributed by atoms with E-state index in [2.05, 4.69) is 4.90 Å². The molecule has 3 rings (SSSR count). The highest BCUT2D eigenvalue weighted by Gasteiger charge is 2.22. The van der Waals surface area contributed by atoms with Crippen LogP contribution in [0.2, 0.25) is 0 Å². The summed E-state index contributed by atoms with van der Waals surface area (Å²) in [5.41, 5.74) is 3.50. The third-order valence-corrected chi connectivity index (χ3v) is 5.22. The zero-order valence-corrected chi connectivity index (χ0v) is 15.1. The Balaban J connectivity index is 1.62. The number of hydroxylamine groups is 1. The topological polar surface area (TPSA) is 72.9 Å². The van der Waals surface area contributed by atoms with Crippen LogP contribution >= 0.6 is 11.3 Å². The third kappa shape index (κ3) is 4.50. The van der Waals surface area contributed by atoms with Crippen molar-refractivity contribution >= 4 is 34.9 Å². The second-order valence-corrected chi connectivity index (χ2v) is 7.02. The molecule has 7 heteroatoms. The maximum atomic E-state index is 12.4. The number of carbonyl (C=O) groups is 2. The lowest BCUT2D eigenvalue weighted by molar-refractivity contribution is -0.130. The zero-order valence-electron chi connectivity index (χ0n) is 14.3. The van der Waals surface area contributed by atoms with Crippen molar-refractivity contribution in [2.45, 2.75) is 6.42 Å². The molecule has 136 valence electrons. The van der Waals surface area contributed by atoms with E-state index in [1.54, 1.807) is 22.9 Å². The van der Waals surface area contributed by atoms with Crippen LogP contribution in [0.1, 0.15) is 10.4 Å². The summed E-state index contributed by atoms with van der Waals surface area (Å²) in [4.78, 5) is 28.9. The molecule has 0 radical (unpaired) electrons. The van der Waals surface area contributed by atoms with Crippen LogP contribution in [0.15, 0.2) is 47.9 Å². The fourth-order valence-electron chi connectivity index (χ4n) is 2.99. The van der Waals surface area contributed by atoms with E-state index in [9.17, 15) is 9.59 Å². The largest absolute Gasteiger partial charge is 0.367 e. The number of thiophene rings is 1. The van der Waals surface area contributed by atoms with Gasteiger partial charge in [-0.05, 0) is 29.2 Å². The van der Waals surface area contributed by atoms with Crippen molar-refractivity contribution in [2.24, 2.45) is 0 Å². The lowest BCUT2D eigenvalue weighted by Gasteiger charge is -2.36. The molecule has 0 unspecified atom stereocenters. The van der Waals surface area contributed by atoms with Gasteiger partial charge in [0.1, 0.15) is 0 Å². The maximum Gasteiger partial charge on any atom is 0.267 e. The van der Waals surface area contributed by atoms with Crippen LogP contribution < -0.4 is 10.4 Å². The monoisotopic (exact) mass is 371 g/mol. The standard InChI is InChI=1S/C19H21N3O3S/c23-18(20-25)8-7-15-4-1-2-6-17(15)21-9-11-22(12-10-21)19(24)14-16-5-3-13-26-16/h1-8,13,25H,9-12,14H2,(H,20,23). The molecular weight excluding hydrogens is 350 g/mol. The Morgan fingerprint density at radius 1 is 1.12 bits per heavy atom. The summed E-state index contributed by atoms with van der Waals surface area (Å²) in [7, 11) is 0. The van der Waals surface area contributed by atoms with E-state index in [4.69, 9.17) is 5.21 Å². The Morgan fingerprint density at radius 2 is 1.88 bits per heavy atom. The molecule has 1 aromatic heterocycles. The van der Waals surface area contributed by atoms with Crippen molar-refractivity contribution in [3.63, 3.8) is 0 Å². The molecule has 2 amide bonds. The van der Waals surface area contributed by atoms with Gasteiger partial charge in [-0.1, -0.05) is 24.3 Å². The lowest BCUT2D eigenvalue weighted by Crippen LogP contribution is -2.49. The van der Waals surface area contributed by atoms with Gasteiger partial charge >= 0.3 is 0 Å². The van der Waals surface area contributed by atoms with Crippen molar-refractivity contribution in [2.75, 3.05) is 31.1 Å². The molecule has 2 aromatic rings. The molecule has 1 aliphatic rings. The van der Waals surface area contributed by atoms with Gasteiger partial charge in [0.15, 0.2) is 0 Å². The fourth-order valence-corrected chi connectivity index (χ4v) is 3.69. The minimum absolute atomic E-state index is 0.167. The van der Waals surface area contributed by atoms with Crippen molar-refractivity contribution < 1.29 is 14.8 Å². The zero-order chi connectivity index (χ0) is 18.4. The lowest BCUT2D eigenvalue weighted by atomic mass is 10.1. The summed E-state index contributed by atoms with van der Waals surface area (Å²) in [6.07, 6.45) is 3.43. The van der Waals surface area contributed by atoms with E-state index in [-0.39, 0.29) is 5.91 Å². The van der Waals surface area contributed by atoms with E-state index in [0.29, 0.717) is 19.5 Å². The molecule has 0 spiro atoms. The van der Waals surface area contributed by atoms with E-state index in [1.165, 1.54) is 6.08 Å². The molecule has 2 heterocycles. The highest BCUT2D eigenvalue weighted by atomic mass is 32.1. The second kappa shape index (κ2) is 8.64. The predicted molar refractivity (Wildman–Crippen MR) is 102 cm³/mol. The molecule has 0 atom stereocenters. The van der Waals surface area contributed by atoms with Gasteiger partial charge < -0.3 is 9.80 Å². The van der Waals surface area contributed by atoms with E-state index >= 15 is 0 Å². The molecule has 6 nitrogen and oxygen atoms in total. The number of nitrogens with one attached hydrogen (secondary N) is 1. The summed E-state index contributed by atoms with van der Waals surface area (Å²) < 4.78 is 0. The summed E-state index contributed by atoms with van der Waals surface area (Å²) in [5.74, 6) is -0.399. The van der Waals surface area contributed by atoms with Crippen LogP contribution in [0.3, 0.4) is 0 Å². The molecular formula is C19H21N3O3S. The van der Waals surface area contributed by atoms with E-state index in [0.717, 1.165) is 29.2 Å². The molecule has 1 fully saturated rings. The van der Waals surface area contributed by atoms with Crippen molar-refractivity contribution in [3.8, 4) is 0 Å². The van der Waals surface area contributed by atoms with Gasteiger partial charge in [-0.25, -0.2) is 5.48 Å². The highest BCUT2D eigenvalue weighted by Crippen LogP contribution is 2.23. The minimum atomic E-state index is -0.566. The van der Waals surface area contributed by atoms with Gasteiger partial charge in [0, 0.05) is 42.8 Å². The smallest absolute Gasteiger partial charge is 0.267 e. The Hall–Kier alpha value is -2.64. The highest BCUT2D eigenvalue weighted by molar-refractivity contribution is 7.10. The molecule has 0 aliphatic carbocycles. The van der Waals surface area contributed by atoms with Crippen LogP contribution in [0, 0.1) is 0 Å². The molecule has 1 saturated heterocycles. The van der Waals surface area contributed by atoms with Gasteiger partial charge in [0.25, 0.3) is 5.91 Å². The molecule has 1 aromatic carbocycles. The average molecular weight is 371 g/mol. The summed E-state index contributed by atoms with van der Waals surface area (Å²) in [6.45, 7) is 2.85. The predicted octanol–water partition coefficient (Wildman–Crippen LogP) is 2.16. The number of hydrogen-bond acceptors (Lipinski definition) is 5. The molecule has 2 N–H and O–H groups in total. The Kier molecular flexibility index (Phi) is 6.04. The molecule has 1 aliphatic heterocycles. The number of para-hydroxylation sites is 1. The normalized spacial score (nSPS) is 14.7. The van der Waals surface area contributed by atoms with Crippen molar-refractivity contribution in [3.05, 3.63) is 58.3 Å². The van der Waals surface area contributed by atoms with Crippen molar-refractivity contribution in [1.82, 2.24) is 10.4 Å². The first-order valence-corrected chi connectivity index (χ1v) is 9.31. The third-order valence-electron chi connectivity index (χ3n) is 4.34. The number of piperazine rings is 1. The summed E-state index contributed by atoms with van der Waals surface area (Å²) in [5, 5.41) is 10.6. The number of rotatable bonds is 5. The summed E-state index contributed by atoms with van der Waals surface area (Å²) in [6, 6.07) is 11.7. The molecule has 0 bridgehead atoms. The SMILES string of the molecule is O=C(C=Cc1ccccc1N1CCN(C(=O)Cc2cccs2)CC1)NO. The first kappa shape index (κ1) is 18.2. The first-order chi connectivity index (χ1) is 12.7. The number of hydrogen-bond donors (Lipinski definition) is 2. The van der Waals surface area contributed by atoms with Crippen LogP contribution in [0.4, 0.5) is 5.69 Å². The number of carbonyl (C=O) groups excluding carboxylic acids is 2. The van der Waals surface area contributed by atoms with Crippen LogP contribution in [-0.4, -0.2) is 48.1 Å². The van der Waals surface area contributed by atoms with Crippen molar-refractivity contribution in [1.29, 1.82) is 0 Å². The summed E-state index contributed by atoms with van der Waals surface area (Å²) >= 11 is 1.61. The molecule has 26 heavy (non-hydrogen) atoms. The number of anilines is 1. The van der Waals surface area contributed by atoms with Gasteiger partial charge in [-0.2, -0.15) is 0 Å².